The Morgan fingerprint density at radius 2 is 2.00 bits per heavy atom. The Labute approximate surface area is 195 Å². The van der Waals surface area contributed by atoms with Crippen LogP contribution < -0.4 is 10.7 Å². The predicted octanol–water partition coefficient (Wildman–Crippen LogP) is 3.11. The second-order valence-electron chi connectivity index (χ2n) is 9.04. The van der Waals surface area contributed by atoms with Crippen LogP contribution in [0.25, 0.3) is 0 Å². The molecule has 0 radical (unpaired) electrons. The van der Waals surface area contributed by atoms with Gasteiger partial charge in [-0.25, -0.2) is 5.43 Å². The van der Waals surface area contributed by atoms with E-state index >= 15 is 0 Å². The van der Waals surface area contributed by atoms with Crippen molar-refractivity contribution in [2.24, 2.45) is 5.92 Å². The maximum atomic E-state index is 13.3. The summed E-state index contributed by atoms with van der Waals surface area (Å²) in [6, 6.07) is 8.58. The fourth-order valence-electron chi connectivity index (χ4n) is 4.83. The maximum Gasteiger partial charge on any atom is 0.392 e. The molecule has 0 aromatic heterocycles. The molecule has 2 N–H and O–H groups in total. The lowest BCUT2D eigenvalue weighted by Gasteiger charge is -2.40. The zero-order valence-corrected chi connectivity index (χ0v) is 18.9. The van der Waals surface area contributed by atoms with Crippen LogP contribution in [0.2, 0.25) is 0 Å². The van der Waals surface area contributed by atoms with Crippen molar-refractivity contribution in [1.82, 2.24) is 20.7 Å². The summed E-state index contributed by atoms with van der Waals surface area (Å²) in [6.07, 6.45) is -2.75. The fourth-order valence-corrected chi connectivity index (χ4v) is 4.83. The average molecular weight is 473 g/mol. The lowest BCUT2D eigenvalue weighted by atomic mass is 9.83. The van der Waals surface area contributed by atoms with Crippen LogP contribution in [-0.2, 0) is 16.1 Å². The van der Waals surface area contributed by atoms with Crippen molar-refractivity contribution in [1.29, 1.82) is 5.26 Å². The first kappa shape index (κ1) is 23.8. The van der Waals surface area contributed by atoms with Gasteiger partial charge in [0.1, 0.15) is 5.70 Å². The van der Waals surface area contributed by atoms with E-state index in [0.29, 0.717) is 29.9 Å². The number of nitriles is 1. The Hall–Kier alpha value is -3.32. The SMILES string of the molecule is CC(=O)NC1=C(C2C=C3C(=O)N(Cc4ccc(C#N)cc4)CC(C)N3N2)CCC(C(F)(F)F)C1. The first-order valence-electron chi connectivity index (χ1n) is 11.2. The zero-order chi connectivity index (χ0) is 24.6. The number of nitrogens with zero attached hydrogens (tertiary/aromatic N) is 3. The molecule has 3 atom stereocenters. The van der Waals surface area contributed by atoms with Crippen molar-refractivity contribution in [2.75, 3.05) is 6.54 Å². The highest BCUT2D eigenvalue weighted by atomic mass is 19.4. The van der Waals surface area contributed by atoms with E-state index in [-0.39, 0.29) is 36.9 Å². The van der Waals surface area contributed by atoms with Crippen LogP contribution in [0.1, 0.15) is 44.2 Å². The number of amides is 2. The number of benzene rings is 1. The summed E-state index contributed by atoms with van der Waals surface area (Å²) in [5.74, 6) is -2.10. The van der Waals surface area contributed by atoms with Crippen LogP contribution in [-0.4, -0.2) is 46.5 Å². The van der Waals surface area contributed by atoms with Crippen LogP contribution in [0, 0.1) is 17.2 Å². The number of piperazine rings is 1. The first-order valence-corrected chi connectivity index (χ1v) is 11.2. The second-order valence-corrected chi connectivity index (χ2v) is 9.04. The monoisotopic (exact) mass is 473 g/mol. The van der Waals surface area contributed by atoms with Gasteiger partial charge in [0.05, 0.1) is 29.6 Å². The van der Waals surface area contributed by atoms with E-state index in [1.165, 1.54) is 6.92 Å². The summed E-state index contributed by atoms with van der Waals surface area (Å²) in [7, 11) is 0. The van der Waals surface area contributed by atoms with Gasteiger partial charge in [-0.2, -0.15) is 18.4 Å². The minimum absolute atomic E-state index is 0.0579. The number of carbonyl (C=O) groups excluding carboxylic acids is 2. The smallest absolute Gasteiger partial charge is 0.331 e. The van der Waals surface area contributed by atoms with Gasteiger partial charge in [-0.05, 0) is 55.5 Å². The summed E-state index contributed by atoms with van der Waals surface area (Å²) < 4.78 is 40.0. The number of rotatable bonds is 4. The summed E-state index contributed by atoms with van der Waals surface area (Å²) in [4.78, 5) is 26.7. The van der Waals surface area contributed by atoms with Gasteiger partial charge in [0, 0.05) is 25.7 Å². The highest BCUT2D eigenvalue weighted by molar-refractivity contribution is 5.94. The van der Waals surface area contributed by atoms with Crippen molar-refractivity contribution >= 4 is 11.8 Å². The summed E-state index contributed by atoms with van der Waals surface area (Å²) in [5.41, 5.74) is 6.12. The van der Waals surface area contributed by atoms with Gasteiger partial charge in [-0.15, -0.1) is 0 Å². The van der Waals surface area contributed by atoms with Crippen LogP contribution in [0.4, 0.5) is 13.2 Å². The van der Waals surface area contributed by atoms with Crippen molar-refractivity contribution in [3.8, 4) is 6.07 Å². The van der Waals surface area contributed by atoms with Crippen LogP contribution in [0.15, 0.2) is 47.3 Å². The molecule has 0 bridgehead atoms. The molecule has 1 fully saturated rings. The molecule has 1 aromatic rings. The number of hydrazine groups is 1. The number of carbonyl (C=O) groups is 2. The molecule has 2 aliphatic heterocycles. The molecule has 180 valence electrons. The molecular weight excluding hydrogens is 447 g/mol. The molecule has 2 heterocycles. The fraction of sp³-hybridized carbons (Fsp3) is 0.458. The van der Waals surface area contributed by atoms with Gasteiger partial charge in [-0.1, -0.05) is 12.1 Å². The lowest BCUT2D eigenvalue weighted by Crippen LogP contribution is -2.56. The van der Waals surface area contributed by atoms with Gasteiger partial charge < -0.3 is 10.2 Å². The van der Waals surface area contributed by atoms with E-state index in [9.17, 15) is 22.8 Å². The van der Waals surface area contributed by atoms with Crippen molar-refractivity contribution in [3.05, 3.63) is 58.4 Å². The predicted molar refractivity (Wildman–Crippen MR) is 117 cm³/mol. The van der Waals surface area contributed by atoms with Crippen molar-refractivity contribution < 1.29 is 22.8 Å². The Kier molecular flexibility index (Phi) is 6.41. The molecule has 2 amide bonds. The third-order valence-corrected chi connectivity index (χ3v) is 6.52. The molecule has 0 spiro atoms. The third kappa shape index (κ3) is 4.80. The number of nitrogens with one attached hydrogen (secondary N) is 2. The zero-order valence-electron chi connectivity index (χ0n) is 18.9. The Bertz CT molecular complexity index is 1090. The molecule has 1 aliphatic carbocycles. The second kappa shape index (κ2) is 9.14. The largest absolute Gasteiger partial charge is 0.392 e. The quantitative estimate of drug-likeness (QED) is 0.702. The first-order chi connectivity index (χ1) is 16.1. The topological polar surface area (TPSA) is 88.5 Å². The van der Waals surface area contributed by atoms with E-state index in [1.54, 1.807) is 28.1 Å². The molecule has 1 aromatic carbocycles. The van der Waals surface area contributed by atoms with Gasteiger partial charge in [0.15, 0.2) is 0 Å². The number of alkyl halides is 3. The molecule has 34 heavy (non-hydrogen) atoms. The highest BCUT2D eigenvalue weighted by Crippen LogP contribution is 2.41. The molecule has 0 saturated carbocycles. The number of hydrogen-bond acceptors (Lipinski definition) is 5. The molecule has 3 aliphatic rings. The highest BCUT2D eigenvalue weighted by Gasteiger charge is 2.45. The average Bonchev–Trinajstić information content (AvgIpc) is 3.23. The molecule has 1 saturated heterocycles. The third-order valence-electron chi connectivity index (χ3n) is 6.52. The number of halogens is 3. The molecule has 4 rings (SSSR count). The molecule has 7 nitrogen and oxygen atoms in total. The minimum Gasteiger partial charge on any atom is -0.331 e. The Morgan fingerprint density at radius 3 is 2.62 bits per heavy atom. The van der Waals surface area contributed by atoms with E-state index < -0.39 is 24.0 Å². The van der Waals surface area contributed by atoms with Crippen LogP contribution in [0.5, 0.6) is 0 Å². The minimum atomic E-state index is -4.33. The summed E-state index contributed by atoms with van der Waals surface area (Å²) in [6.45, 7) is 4.09. The molecule has 10 heteroatoms. The lowest BCUT2D eigenvalue weighted by molar-refractivity contribution is -0.177. The molecule has 3 unspecified atom stereocenters. The van der Waals surface area contributed by atoms with Gasteiger partial charge >= 0.3 is 6.18 Å². The standard InChI is InChI=1S/C24H26F3N5O2/c1-14-12-31(13-17-5-3-16(11-28)4-6-17)23(34)22-10-21(30-32(14)22)19-8-7-18(24(25,26)27)9-20(19)29-15(2)33/h3-6,10,14,18,21,30H,7-9,12-13H2,1-2H3,(H,29,33). The Morgan fingerprint density at radius 1 is 1.29 bits per heavy atom. The van der Waals surface area contributed by atoms with Gasteiger partial charge in [0.2, 0.25) is 5.91 Å². The van der Waals surface area contributed by atoms with E-state index in [4.69, 9.17) is 5.26 Å². The van der Waals surface area contributed by atoms with Gasteiger partial charge in [0.25, 0.3) is 5.91 Å². The Balaban J connectivity index is 1.57. The van der Waals surface area contributed by atoms with Crippen molar-refractivity contribution in [2.45, 2.75) is 57.9 Å². The summed E-state index contributed by atoms with van der Waals surface area (Å²) >= 11 is 0. The number of fused-ring (bicyclic) bond motifs is 1. The van der Waals surface area contributed by atoms with Crippen molar-refractivity contribution in [3.63, 3.8) is 0 Å². The normalized spacial score (nSPS) is 25.1. The van der Waals surface area contributed by atoms with E-state index in [1.807, 2.05) is 19.1 Å². The number of allylic oxidation sites excluding steroid dienone is 1. The number of hydrogen-bond donors (Lipinski definition) is 2. The van der Waals surface area contributed by atoms with Crippen LogP contribution >= 0.6 is 0 Å². The van der Waals surface area contributed by atoms with Gasteiger partial charge in [-0.3, -0.25) is 14.6 Å². The van der Waals surface area contributed by atoms with E-state index in [2.05, 4.69) is 16.8 Å². The maximum absolute atomic E-state index is 13.3. The molecular formula is C24H26F3N5O2. The summed E-state index contributed by atoms with van der Waals surface area (Å²) in [5, 5.41) is 13.3. The van der Waals surface area contributed by atoms with E-state index in [0.717, 1.165) is 5.56 Å². The van der Waals surface area contributed by atoms with Crippen LogP contribution in [0.3, 0.4) is 0 Å².